The van der Waals surface area contributed by atoms with E-state index in [1.165, 1.54) is 25.0 Å². The first-order chi connectivity index (χ1) is 7.16. The van der Waals surface area contributed by atoms with Crippen molar-refractivity contribution in [1.82, 2.24) is 5.32 Å². The molecule has 0 radical (unpaired) electrons. The molecule has 1 heterocycles. The van der Waals surface area contributed by atoms with E-state index in [1.807, 2.05) is 0 Å². The van der Waals surface area contributed by atoms with E-state index in [9.17, 15) is 0 Å². The lowest BCUT2D eigenvalue weighted by Gasteiger charge is -2.28. The average molecular weight is 223 g/mol. The van der Waals surface area contributed by atoms with E-state index < -0.39 is 0 Å². The lowest BCUT2D eigenvalue weighted by molar-refractivity contribution is 0.431. The summed E-state index contributed by atoms with van der Waals surface area (Å²) >= 11 is 0. The fraction of sp³-hybridized carbons (Fsp3) is 0.867. The summed E-state index contributed by atoms with van der Waals surface area (Å²) < 4.78 is 0. The van der Waals surface area contributed by atoms with Gasteiger partial charge < -0.3 is 5.32 Å². The van der Waals surface area contributed by atoms with Gasteiger partial charge in [-0.3, -0.25) is 0 Å². The van der Waals surface area contributed by atoms with Gasteiger partial charge in [0.1, 0.15) is 0 Å². The number of rotatable bonds is 2. The second kappa shape index (κ2) is 4.43. The van der Waals surface area contributed by atoms with Crippen LogP contribution in [0.25, 0.3) is 0 Å². The van der Waals surface area contributed by atoms with Gasteiger partial charge in [0.25, 0.3) is 0 Å². The maximum atomic E-state index is 3.77. The van der Waals surface area contributed by atoms with Gasteiger partial charge in [-0.05, 0) is 23.8 Å². The third kappa shape index (κ3) is 3.02. The fourth-order valence-electron chi connectivity index (χ4n) is 2.56. The van der Waals surface area contributed by atoms with Crippen molar-refractivity contribution in [2.24, 2.45) is 10.8 Å². The third-order valence-corrected chi connectivity index (χ3v) is 3.39. The van der Waals surface area contributed by atoms with Crippen LogP contribution in [0.2, 0.25) is 0 Å². The predicted octanol–water partition coefficient (Wildman–Crippen LogP) is 4.49. The molecule has 0 aromatic carbocycles. The highest BCUT2D eigenvalue weighted by molar-refractivity contribution is 5.29. The molecule has 1 atom stereocenters. The Bertz CT molecular complexity index is 247. The molecule has 0 saturated heterocycles. The monoisotopic (exact) mass is 223 g/mol. The van der Waals surface area contributed by atoms with E-state index in [4.69, 9.17) is 0 Å². The molecular weight excluding hydrogens is 194 g/mol. The van der Waals surface area contributed by atoms with Crippen LogP contribution >= 0.6 is 0 Å². The normalized spacial score (nSPS) is 22.6. The van der Waals surface area contributed by atoms with Crippen LogP contribution in [-0.2, 0) is 0 Å². The molecule has 0 aliphatic carbocycles. The van der Waals surface area contributed by atoms with Crippen LogP contribution < -0.4 is 5.32 Å². The molecule has 0 saturated carbocycles. The molecule has 1 unspecified atom stereocenters. The number of allylic oxidation sites excluding steroid dienone is 1. The van der Waals surface area contributed by atoms with E-state index >= 15 is 0 Å². The van der Waals surface area contributed by atoms with Crippen molar-refractivity contribution in [3.05, 3.63) is 11.3 Å². The number of hydrogen-bond donors (Lipinski definition) is 1. The Balaban J connectivity index is 2.96. The highest BCUT2D eigenvalue weighted by Crippen LogP contribution is 2.42. The summed E-state index contributed by atoms with van der Waals surface area (Å²) in [5.41, 5.74) is 3.69. The SMILES string of the molecule is CCCC1CC(C(C)(C)C)=C(C(C)(C)C)N1. The van der Waals surface area contributed by atoms with Crippen LogP contribution in [0.3, 0.4) is 0 Å². The van der Waals surface area contributed by atoms with Crippen molar-refractivity contribution in [2.45, 2.75) is 73.8 Å². The standard InChI is InChI=1S/C15H29N/c1-8-9-11-10-12(14(2,3)4)13(16-11)15(5,6)7/h11,16H,8-10H2,1-7H3. The van der Waals surface area contributed by atoms with Gasteiger partial charge in [0.15, 0.2) is 0 Å². The van der Waals surface area contributed by atoms with Gasteiger partial charge in [-0.1, -0.05) is 54.9 Å². The van der Waals surface area contributed by atoms with Crippen molar-refractivity contribution in [3.8, 4) is 0 Å². The van der Waals surface area contributed by atoms with Gasteiger partial charge >= 0.3 is 0 Å². The summed E-state index contributed by atoms with van der Waals surface area (Å²) in [5.74, 6) is 0. The minimum Gasteiger partial charge on any atom is -0.385 e. The summed E-state index contributed by atoms with van der Waals surface area (Å²) in [4.78, 5) is 0. The summed E-state index contributed by atoms with van der Waals surface area (Å²) in [6, 6.07) is 0.674. The van der Waals surface area contributed by atoms with E-state index in [0.717, 1.165) is 0 Å². The van der Waals surface area contributed by atoms with Crippen LogP contribution in [0.15, 0.2) is 11.3 Å². The average Bonchev–Trinajstić information content (AvgIpc) is 2.47. The topological polar surface area (TPSA) is 12.0 Å². The first-order valence-electron chi connectivity index (χ1n) is 6.67. The summed E-state index contributed by atoms with van der Waals surface area (Å²) in [6.45, 7) is 16.2. The van der Waals surface area contributed by atoms with Crippen molar-refractivity contribution in [2.75, 3.05) is 0 Å². The maximum Gasteiger partial charge on any atom is 0.0296 e. The molecule has 1 nitrogen and oxygen atoms in total. The minimum atomic E-state index is 0.255. The Morgan fingerprint density at radius 3 is 1.94 bits per heavy atom. The molecule has 1 N–H and O–H groups in total. The van der Waals surface area contributed by atoms with Crippen LogP contribution in [0.5, 0.6) is 0 Å². The molecule has 0 amide bonds. The second-order valence-electron chi connectivity index (χ2n) is 7.19. The largest absolute Gasteiger partial charge is 0.385 e. The molecular formula is C15H29N. The fourth-order valence-corrected chi connectivity index (χ4v) is 2.56. The Morgan fingerprint density at radius 1 is 1.06 bits per heavy atom. The van der Waals surface area contributed by atoms with Gasteiger partial charge in [-0.25, -0.2) is 0 Å². The van der Waals surface area contributed by atoms with Crippen LogP contribution in [0.4, 0.5) is 0 Å². The summed E-state index contributed by atoms with van der Waals surface area (Å²) in [6.07, 6.45) is 3.80. The van der Waals surface area contributed by atoms with Crippen LogP contribution in [0, 0.1) is 10.8 Å². The molecule has 1 rings (SSSR count). The molecule has 0 aromatic rings. The summed E-state index contributed by atoms with van der Waals surface area (Å²) in [7, 11) is 0. The highest BCUT2D eigenvalue weighted by Gasteiger charge is 2.34. The van der Waals surface area contributed by atoms with Crippen molar-refractivity contribution in [1.29, 1.82) is 0 Å². The van der Waals surface area contributed by atoms with E-state index in [1.54, 1.807) is 5.57 Å². The lowest BCUT2D eigenvalue weighted by Crippen LogP contribution is -2.28. The molecule has 1 heteroatoms. The summed E-state index contributed by atoms with van der Waals surface area (Å²) in [5, 5.41) is 3.77. The van der Waals surface area contributed by atoms with E-state index in [2.05, 4.69) is 53.8 Å². The smallest absolute Gasteiger partial charge is 0.0296 e. The zero-order valence-electron chi connectivity index (χ0n) is 12.2. The van der Waals surface area contributed by atoms with Crippen molar-refractivity contribution in [3.63, 3.8) is 0 Å². The molecule has 0 fully saturated rings. The maximum absolute atomic E-state index is 3.77. The molecule has 1 aliphatic rings. The van der Waals surface area contributed by atoms with Gasteiger partial charge in [-0.15, -0.1) is 0 Å². The zero-order chi connectivity index (χ0) is 12.6. The first-order valence-corrected chi connectivity index (χ1v) is 6.67. The van der Waals surface area contributed by atoms with Gasteiger partial charge in [0.2, 0.25) is 0 Å². The molecule has 0 bridgehead atoms. The minimum absolute atomic E-state index is 0.255. The Hall–Kier alpha value is -0.460. The van der Waals surface area contributed by atoms with Crippen LogP contribution in [-0.4, -0.2) is 6.04 Å². The Labute approximate surface area is 102 Å². The second-order valence-corrected chi connectivity index (χ2v) is 7.19. The Morgan fingerprint density at radius 2 is 1.62 bits per heavy atom. The number of hydrogen-bond acceptors (Lipinski definition) is 1. The lowest BCUT2D eigenvalue weighted by atomic mass is 9.78. The van der Waals surface area contributed by atoms with Crippen LogP contribution in [0.1, 0.15) is 67.7 Å². The van der Waals surface area contributed by atoms with E-state index in [0.29, 0.717) is 11.5 Å². The quantitative estimate of drug-likeness (QED) is 0.727. The predicted molar refractivity (Wildman–Crippen MR) is 72.4 cm³/mol. The molecule has 1 aliphatic heterocycles. The van der Waals surface area contributed by atoms with Gasteiger partial charge in [0.05, 0.1) is 0 Å². The third-order valence-electron chi connectivity index (χ3n) is 3.39. The van der Waals surface area contributed by atoms with Crippen molar-refractivity contribution < 1.29 is 0 Å². The highest BCUT2D eigenvalue weighted by atomic mass is 15.0. The molecule has 94 valence electrons. The van der Waals surface area contributed by atoms with Gasteiger partial charge in [-0.2, -0.15) is 0 Å². The Kier molecular flexibility index (Phi) is 3.76. The van der Waals surface area contributed by atoms with Crippen molar-refractivity contribution >= 4 is 0 Å². The zero-order valence-corrected chi connectivity index (χ0v) is 12.2. The first kappa shape index (κ1) is 13.6. The molecule has 0 spiro atoms. The number of nitrogens with one attached hydrogen (secondary N) is 1. The molecule has 0 aromatic heterocycles. The molecule has 16 heavy (non-hydrogen) atoms. The van der Waals surface area contributed by atoms with E-state index in [-0.39, 0.29) is 5.41 Å². The van der Waals surface area contributed by atoms with Gasteiger partial charge in [0, 0.05) is 17.2 Å².